The van der Waals surface area contributed by atoms with Gasteiger partial charge in [0, 0.05) is 38.9 Å². The van der Waals surface area contributed by atoms with E-state index in [4.69, 9.17) is 9.47 Å². The van der Waals surface area contributed by atoms with Crippen molar-refractivity contribution in [2.45, 2.75) is 43.9 Å². The van der Waals surface area contributed by atoms with Crippen LogP contribution in [0.3, 0.4) is 0 Å². The highest BCUT2D eigenvalue weighted by Crippen LogP contribution is 2.39. The van der Waals surface area contributed by atoms with Crippen molar-refractivity contribution in [1.82, 2.24) is 24.6 Å². The lowest BCUT2D eigenvalue weighted by atomic mass is 10.2. The zero-order valence-corrected chi connectivity index (χ0v) is 14.8. The fourth-order valence-corrected chi connectivity index (χ4v) is 3.49. The molecule has 1 saturated carbocycles. The van der Waals surface area contributed by atoms with E-state index in [1.165, 1.54) is 12.8 Å². The van der Waals surface area contributed by atoms with Crippen LogP contribution in [0.1, 0.15) is 36.8 Å². The van der Waals surface area contributed by atoms with Crippen LogP contribution in [-0.4, -0.2) is 57.1 Å². The van der Waals surface area contributed by atoms with Gasteiger partial charge in [0.2, 0.25) is 0 Å². The molecule has 2 aliphatic rings. The van der Waals surface area contributed by atoms with Gasteiger partial charge in [-0.15, -0.1) is 10.2 Å². The summed E-state index contributed by atoms with van der Waals surface area (Å²) in [5.74, 6) is 3.56. The first-order valence-electron chi connectivity index (χ1n) is 8.92. The molecule has 2 aromatic rings. The van der Waals surface area contributed by atoms with E-state index in [0.29, 0.717) is 18.6 Å². The van der Waals surface area contributed by atoms with Crippen LogP contribution in [0.4, 0.5) is 0 Å². The summed E-state index contributed by atoms with van der Waals surface area (Å²) in [6.45, 7) is 2.29. The highest BCUT2D eigenvalue weighted by molar-refractivity contribution is 5.15. The second-order valence-corrected chi connectivity index (χ2v) is 6.98. The third-order valence-corrected chi connectivity index (χ3v) is 5.19. The molecule has 4 rings (SSSR count). The maximum absolute atomic E-state index is 5.93. The number of pyridine rings is 1. The molecule has 0 aromatic carbocycles. The average molecular weight is 343 g/mol. The first-order chi connectivity index (χ1) is 12.2. The number of likely N-dealkylation sites (tertiary alicyclic amines) is 1. The van der Waals surface area contributed by atoms with Gasteiger partial charge >= 0.3 is 0 Å². The molecular formula is C18H25N5O2. The molecule has 7 nitrogen and oxygen atoms in total. The molecule has 1 aliphatic heterocycles. The lowest BCUT2D eigenvalue weighted by molar-refractivity contribution is 0.106. The van der Waals surface area contributed by atoms with Crippen molar-refractivity contribution in [2.75, 3.05) is 20.3 Å². The number of hydrogen-bond acceptors (Lipinski definition) is 6. The van der Waals surface area contributed by atoms with E-state index in [0.717, 1.165) is 36.9 Å². The maximum atomic E-state index is 5.93. The van der Waals surface area contributed by atoms with E-state index in [9.17, 15) is 0 Å². The van der Waals surface area contributed by atoms with Crippen molar-refractivity contribution in [3.63, 3.8) is 0 Å². The minimum atomic E-state index is 0.235. The van der Waals surface area contributed by atoms with E-state index >= 15 is 0 Å². The van der Waals surface area contributed by atoms with Crippen molar-refractivity contribution in [3.05, 3.63) is 36.2 Å². The second-order valence-electron chi connectivity index (χ2n) is 6.98. The molecule has 2 fully saturated rings. The highest BCUT2D eigenvalue weighted by atomic mass is 16.5. The van der Waals surface area contributed by atoms with Gasteiger partial charge in [0.05, 0.1) is 18.8 Å². The molecule has 25 heavy (non-hydrogen) atoms. The molecule has 2 atom stereocenters. The number of aromatic nitrogens is 4. The Morgan fingerprint density at radius 2 is 2.16 bits per heavy atom. The number of hydrogen-bond donors (Lipinski definition) is 0. The number of nitrogens with zero attached hydrogens (tertiary/aromatic N) is 5. The Hall–Kier alpha value is -1.99. The zero-order valence-electron chi connectivity index (χ0n) is 14.8. The lowest BCUT2D eigenvalue weighted by Crippen LogP contribution is -2.34. The van der Waals surface area contributed by atoms with E-state index in [1.54, 1.807) is 19.5 Å². The standard InChI is InChI=1S/C18H25N5O2/c1-22-17(20-21-18(22)13-5-6-13)11-23-10-16(24-2)8-14(23)12-25-15-4-3-7-19-9-15/h3-4,7,9,13-14,16H,5-6,8,10-12H2,1-2H3/t14-,16+/m0/s1. The van der Waals surface area contributed by atoms with Gasteiger partial charge in [-0.25, -0.2) is 0 Å². The molecule has 0 amide bonds. The molecule has 7 heteroatoms. The first kappa shape index (κ1) is 16.5. The van der Waals surface area contributed by atoms with Crippen LogP contribution in [-0.2, 0) is 18.3 Å². The van der Waals surface area contributed by atoms with Crippen molar-refractivity contribution >= 4 is 0 Å². The van der Waals surface area contributed by atoms with Gasteiger partial charge in [0.1, 0.15) is 24.0 Å². The van der Waals surface area contributed by atoms with Crippen molar-refractivity contribution < 1.29 is 9.47 Å². The van der Waals surface area contributed by atoms with E-state index in [1.807, 2.05) is 12.1 Å². The Morgan fingerprint density at radius 3 is 2.88 bits per heavy atom. The molecule has 3 heterocycles. The van der Waals surface area contributed by atoms with Crippen LogP contribution < -0.4 is 4.74 Å². The summed E-state index contributed by atoms with van der Waals surface area (Å²) >= 11 is 0. The molecule has 1 aliphatic carbocycles. The monoisotopic (exact) mass is 343 g/mol. The van der Waals surface area contributed by atoms with Crippen molar-refractivity contribution in [3.8, 4) is 5.75 Å². The predicted molar refractivity (Wildman–Crippen MR) is 92.3 cm³/mol. The highest BCUT2D eigenvalue weighted by Gasteiger charge is 2.35. The van der Waals surface area contributed by atoms with Crippen molar-refractivity contribution in [2.24, 2.45) is 7.05 Å². The van der Waals surface area contributed by atoms with Gasteiger partial charge in [-0.2, -0.15) is 0 Å². The molecular weight excluding hydrogens is 318 g/mol. The van der Waals surface area contributed by atoms with Crippen molar-refractivity contribution in [1.29, 1.82) is 0 Å². The summed E-state index contributed by atoms with van der Waals surface area (Å²) in [5.41, 5.74) is 0. The van der Waals surface area contributed by atoms with Gasteiger partial charge in [-0.1, -0.05) is 0 Å². The molecule has 2 aromatic heterocycles. The third kappa shape index (κ3) is 3.67. The second kappa shape index (κ2) is 7.09. The minimum Gasteiger partial charge on any atom is -0.490 e. The smallest absolute Gasteiger partial charge is 0.146 e. The molecule has 0 radical (unpaired) electrons. The Bertz CT molecular complexity index is 701. The molecule has 1 saturated heterocycles. The first-order valence-corrected chi connectivity index (χ1v) is 8.92. The summed E-state index contributed by atoms with van der Waals surface area (Å²) < 4.78 is 13.7. The van der Waals surface area contributed by atoms with Gasteiger partial charge in [-0.3, -0.25) is 9.88 Å². The number of rotatable bonds is 7. The fourth-order valence-electron chi connectivity index (χ4n) is 3.49. The summed E-state index contributed by atoms with van der Waals surface area (Å²) in [7, 11) is 3.86. The molecule has 134 valence electrons. The topological polar surface area (TPSA) is 65.3 Å². The van der Waals surface area contributed by atoms with Crippen LogP contribution in [0.2, 0.25) is 0 Å². The average Bonchev–Trinajstić information content (AvgIpc) is 3.31. The Morgan fingerprint density at radius 1 is 1.28 bits per heavy atom. The van der Waals surface area contributed by atoms with E-state index in [2.05, 4.69) is 31.7 Å². The van der Waals surface area contributed by atoms with Crippen LogP contribution >= 0.6 is 0 Å². The zero-order chi connectivity index (χ0) is 17.2. The maximum Gasteiger partial charge on any atom is 0.146 e. The van der Waals surface area contributed by atoms with Crippen LogP contribution in [0.5, 0.6) is 5.75 Å². The summed E-state index contributed by atoms with van der Waals surface area (Å²) in [4.78, 5) is 6.49. The summed E-state index contributed by atoms with van der Waals surface area (Å²) in [5, 5.41) is 8.82. The van der Waals surface area contributed by atoms with Gasteiger partial charge in [-0.05, 0) is 31.4 Å². The minimum absolute atomic E-state index is 0.235. The predicted octanol–water partition coefficient (Wildman–Crippen LogP) is 1.76. The van der Waals surface area contributed by atoms with Crippen LogP contribution in [0.15, 0.2) is 24.5 Å². The quantitative estimate of drug-likeness (QED) is 0.763. The third-order valence-electron chi connectivity index (χ3n) is 5.19. The number of ether oxygens (including phenoxy) is 2. The Kier molecular flexibility index (Phi) is 4.67. The largest absolute Gasteiger partial charge is 0.490 e. The van der Waals surface area contributed by atoms with E-state index < -0.39 is 0 Å². The number of methoxy groups -OCH3 is 1. The SMILES string of the molecule is CO[C@@H]1C[C@@H](COc2cccnc2)N(Cc2nnc(C3CC3)n2C)C1. The Labute approximate surface area is 148 Å². The van der Waals surface area contributed by atoms with E-state index in [-0.39, 0.29) is 6.10 Å². The fraction of sp³-hybridized carbons (Fsp3) is 0.611. The van der Waals surface area contributed by atoms with Gasteiger partial charge in [0.15, 0.2) is 0 Å². The molecule has 0 bridgehead atoms. The Balaban J connectivity index is 1.42. The van der Waals surface area contributed by atoms with Gasteiger partial charge in [0.25, 0.3) is 0 Å². The van der Waals surface area contributed by atoms with Crippen LogP contribution in [0, 0.1) is 0 Å². The normalized spacial score (nSPS) is 23.9. The molecule has 0 N–H and O–H groups in total. The lowest BCUT2D eigenvalue weighted by Gasteiger charge is -2.23. The summed E-state index contributed by atoms with van der Waals surface area (Å²) in [6.07, 6.45) is 7.17. The molecule has 0 spiro atoms. The molecule has 0 unspecified atom stereocenters. The van der Waals surface area contributed by atoms with Gasteiger partial charge < -0.3 is 14.0 Å². The summed E-state index contributed by atoms with van der Waals surface area (Å²) in [6, 6.07) is 4.12. The van der Waals surface area contributed by atoms with Crippen LogP contribution in [0.25, 0.3) is 0 Å².